The highest BCUT2D eigenvalue weighted by atomic mass is 32.2. The van der Waals surface area contributed by atoms with Crippen LogP contribution < -0.4 is 180 Å². The Labute approximate surface area is 744 Å². The number of carbonyl (C=O) groups is 14. The summed E-state index contributed by atoms with van der Waals surface area (Å²) in [6, 6.07) is -17.9. The summed E-state index contributed by atoms with van der Waals surface area (Å²) >= 11 is 5.34. The highest BCUT2D eigenvalue weighted by Crippen LogP contribution is 2.13. The maximum absolute atomic E-state index is 15.1. The molecule has 718 valence electrons. The van der Waals surface area contributed by atoms with Gasteiger partial charge in [0.2, 0.25) is 82.7 Å². The number of amides is 14. The molecule has 56 nitrogen and oxygen atoms in total. The summed E-state index contributed by atoms with van der Waals surface area (Å²) < 4.78 is 0. The Morgan fingerprint density at radius 1 is 0.260 bits per heavy atom. The number of hydrogen-bond acceptors (Lipinski definition) is 26. The minimum absolute atomic E-state index is 0.000649. The van der Waals surface area contributed by atoms with E-state index in [0.717, 1.165) is 0 Å². The van der Waals surface area contributed by atoms with Gasteiger partial charge in [-0.3, -0.25) is 116 Å². The molecule has 0 fully saturated rings. The largest absolute Gasteiger partial charge is 0.370 e. The number of thiol groups is 1. The van der Waals surface area contributed by atoms with Gasteiger partial charge in [0.25, 0.3) is 0 Å². The van der Waals surface area contributed by atoms with Crippen molar-refractivity contribution in [3.8, 4) is 0 Å². The molecule has 0 bridgehead atoms. The van der Waals surface area contributed by atoms with Crippen LogP contribution in [0, 0.1) is 48.7 Å². The molecule has 0 saturated heterocycles. The van der Waals surface area contributed by atoms with E-state index in [0.29, 0.717) is 0 Å². The summed E-state index contributed by atoms with van der Waals surface area (Å²) in [5.41, 5.74) is 55.4. The molecule has 58 heteroatoms. The molecule has 0 aromatic carbocycles. The first-order valence-electron chi connectivity index (χ1n) is 40.6. The molecule has 0 aromatic heterocycles. The molecule has 0 spiro atoms. The summed E-state index contributed by atoms with van der Waals surface area (Å²) in [6.07, 6.45) is -0.549. The highest BCUT2D eigenvalue weighted by molar-refractivity contribution is 7.98. The van der Waals surface area contributed by atoms with Crippen LogP contribution in [-0.2, 0) is 67.1 Å². The molecule has 14 amide bonds. The minimum Gasteiger partial charge on any atom is -0.370 e. The van der Waals surface area contributed by atoms with Crippen molar-refractivity contribution in [2.45, 2.75) is 195 Å². The first-order chi connectivity index (χ1) is 59.9. The molecule has 0 aromatic rings. The first-order valence-corrected chi connectivity index (χ1v) is 42.6. The number of guanidine groups is 9. The lowest BCUT2D eigenvalue weighted by atomic mass is 10.0. The fourth-order valence-electron chi connectivity index (χ4n) is 11.5. The second-order valence-electron chi connectivity index (χ2n) is 28.7. The van der Waals surface area contributed by atoms with E-state index >= 15 is 14.4 Å². The fourth-order valence-corrected chi connectivity index (χ4v) is 12.4. The summed E-state index contributed by atoms with van der Waals surface area (Å²) in [7, 11) is 1.53. The van der Waals surface area contributed by atoms with Gasteiger partial charge >= 0.3 is 0 Å². The molecule has 0 unspecified atom stereocenters. The van der Waals surface area contributed by atoms with E-state index in [2.05, 4.69) is 135 Å². The number of hydrogen-bond donors (Lipinski definition) is 43. The van der Waals surface area contributed by atoms with Crippen LogP contribution in [0.5, 0.6) is 0 Å². The maximum atomic E-state index is 15.1. The van der Waals surface area contributed by atoms with Crippen LogP contribution in [0.3, 0.4) is 0 Å². The Bertz CT molecular complexity index is 3680. The Morgan fingerprint density at radius 3 is 0.622 bits per heavy atom. The number of primary amides is 1. The first kappa shape index (κ1) is 114. The lowest BCUT2D eigenvalue weighted by molar-refractivity contribution is -0.136. The van der Waals surface area contributed by atoms with Gasteiger partial charge in [0, 0.05) is 70.4 Å². The van der Waals surface area contributed by atoms with Crippen molar-refractivity contribution in [3.63, 3.8) is 0 Å². The highest BCUT2D eigenvalue weighted by Gasteiger charge is 2.37. The van der Waals surface area contributed by atoms with Crippen LogP contribution in [0.25, 0.3) is 0 Å². The van der Waals surface area contributed by atoms with Crippen molar-refractivity contribution >= 4 is 161 Å². The standard InChI is InChI=1S/C69H136N42O14S2/c1-35(100-60(125)46(34-127-3)102-47(112)31-89-2)50(115)99-32-48(113)101-36(13-4-22-90-61(71)72)51(116)103-37(14-5-23-91-62(73)74)52(117)104-38(15-6-24-92-63(75)76)53(118)105-39(16-7-25-93-64(77)78)54(119)106-40(17-8-26-94-65(79)80)55(120)107-41(18-9-27-95-66(81)82)56(121)108-42(19-10-28-96-67(83)84)57(122)109-43(20-11-29-97-68(85)86)58(123)110-44(21-12-30-98-69(87)88)59(124)111-45(33-126)49(70)114/h35-46,89,126H,4-34H2,1-3H3,(H2,70,114)(H,99,115)(H,100,125)(H,101,113)(H,102,112)(H,103,116)(H,104,117)(H,105,118)(H,106,119)(H,107,120)(H,108,121)(H,109,122)(H,110,123)(H,111,124)(H4,71,72,90)(H4,73,74,91)(H4,75,76,92)(H4,77,78,93)(H4,79,80,94)(H4,81,82,95)(H4,83,84,96)(H4,85,86,97)(H4,87,88,98)/t35-,36+,37+,38+,39+,40+,41+,42+,43+,44+,45+,46-/m0/s1. The number of rotatable bonds is 67. The normalized spacial score (nSPS) is 13.5. The summed E-state index contributed by atoms with van der Waals surface area (Å²) in [4.78, 5) is 197. The molecular formula is C69H136N42O14S2. The van der Waals surface area contributed by atoms with Gasteiger partial charge in [-0.25, -0.2) is 0 Å². The van der Waals surface area contributed by atoms with Gasteiger partial charge in [0.15, 0.2) is 53.6 Å². The van der Waals surface area contributed by atoms with Crippen molar-refractivity contribution < 1.29 is 67.1 Å². The van der Waals surface area contributed by atoms with Gasteiger partial charge in [-0.15, -0.1) is 0 Å². The third-order valence-corrected chi connectivity index (χ3v) is 19.0. The van der Waals surface area contributed by atoms with Crippen LogP contribution in [0.15, 0.2) is 0 Å². The lowest BCUT2D eigenvalue weighted by Crippen LogP contribution is -2.61. The maximum Gasteiger partial charge on any atom is 0.244 e. The van der Waals surface area contributed by atoms with E-state index in [4.69, 9.17) is 106 Å². The summed E-state index contributed by atoms with van der Waals surface area (Å²) in [5.74, 6) is -17.2. The van der Waals surface area contributed by atoms with E-state index in [9.17, 15) is 52.7 Å². The lowest BCUT2D eigenvalue weighted by Gasteiger charge is -2.29. The van der Waals surface area contributed by atoms with Gasteiger partial charge < -0.3 is 180 Å². The van der Waals surface area contributed by atoms with Gasteiger partial charge in [0.1, 0.15) is 72.5 Å². The van der Waals surface area contributed by atoms with Crippen LogP contribution in [0.2, 0.25) is 0 Å². The number of nitrogens with one attached hydrogen (secondary N) is 32. The van der Waals surface area contributed by atoms with E-state index in [1.807, 2.05) is 0 Å². The van der Waals surface area contributed by atoms with E-state index < -0.39 is 215 Å². The Hall–Kier alpha value is -13.3. The Balaban J connectivity index is 8.06. The molecule has 0 heterocycles. The molecule has 127 heavy (non-hydrogen) atoms. The van der Waals surface area contributed by atoms with Crippen LogP contribution in [-0.4, -0.2) is 306 Å². The molecule has 0 aliphatic carbocycles. The average Bonchev–Trinajstić information content (AvgIpc) is 0.857. The predicted octanol–water partition coefficient (Wildman–Crippen LogP) is -14.7. The summed E-state index contributed by atoms with van der Waals surface area (Å²) in [5, 5.41) is 129. The van der Waals surface area contributed by atoms with Gasteiger partial charge in [-0.05, 0) is 136 Å². The molecule has 0 aliphatic heterocycles. The minimum atomic E-state index is -1.67. The van der Waals surface area contributed by atoms with Gasteiger partial charge in [-0.2, -0.15) is 24.4 Å². The molecule has 12 atom stereocenters. The van der Waals surface area contributed by atoms with Crippen molar-refractivity contribution in [1.82, 2.24) is 122 Å². The van der Waals surface area contributed by atoms with Crippen LogP contribution in [0.1, 0.15) is 122 Å². The summed E-state index contributed by atoms with van der Waals surface area (Å²) in [6.45, 7) is 0.0974. The fraction of sp³-hybridized carbons (Fsp3) is 0.667. The van der Waals surface area contributed by atoms with E-state index in [1.54, 1.807) is 6.26 Å². The average molecular weight is 1840 g/mol. The molecule has 0 rings (SSSR count). The topological polar surface area (TPSA) is 991 Å². The van der Waals surface area contributed by atoms with Gasteiger partial charge in [-0.1, -0.05) is 0 Å². The molecule has 0 radical (unpaired) electrons. The SMILES string of the molecule is CNCC(=O)N[C@@H](CSC)C(=O)N[C@@H](C)C(=O)NCC(=O)N[C@H](CCCNC(=N)N)C(=O)N[C@H](CCCNC(=N)N)C(=O)N[C@H](CCCNC(=N)N)C(=O)N[C@H](CCCNC(=N)N)C(=O)N[C@H](CCCNC(=N)N)C(=O)N[C@H](CCCNC(=N)N)C(=O)N[C@H](CCCNC(=N)N)C(=O)N[C@H](CCCNC(=N)N)C(=O)N[C@H](CCCNC(=N)N)C(=O)N[C@H](CS)C(N)=O. The molecule has 0 aliphatic rings. The number of thioether (sulfide) groups is 1. The van der Waals surface area contributed by atoms with Gasteiger partial charge in [0.05, 0.1) is 13.1 Å². The zero-order chi connectivity index (χ0) is 96.1. The van der Waals surface area contributed by atoms with E-state index in [-0.39, 0.29) is 193 Å². The smallest absolute Gasteiger partial charge is 0.244 e. The second-order valence-corrected chi connectivity index (χ2v) is 29.9. The Kier molecular flexibility index (Phi) is 58.5. The van der Waals surface area contributed by atoms with Crippen LogP contribution >= 0.6 is 24.4 Å². The zero-order valence-corrected chi connectivity index (χ0v) is 73.4. The second kappa shape index (κ2) is 65.3. The predicted molar refractivity (Wildman–Crippen MR) is 480 cm³/mol. The zero-order valence-electron chi connectivity index (χ0n) is 71.7. The van der Waals surface area contributed by atoms with Crippen molar-refractivity contribution in [2.75, 3.05) is 96.8 Å². The van der Waals surface area contributed by atoms with Crippen molar-refractivity contribution in [2.24, 2.45) is 57.3 Å². The Morgan fingerprint density at radius 2 is 0.441 bits per heavy atom. The molecular weight excluding hydrogens is 1710 g/mol. The number of nitrogens with two attached hydrogens (primary N) is 10. The van der Waals surface area contributed by atoms with Crippen molar-refractivity contribution in [1.29, 1.82) is 48.7 Å². The van der Waals surface area contributed by atoms with Crippen LogP contribution in [0.4, 0.5) is 0 Å². The molecule has 52 N–H and O–H groups in total. The van der Waals surface area contributed by atoms with Crippen molar-refractivity contribution in [3.05, 3.63) is 0 Å². The quantitative estimate of drug-likeness (QED) is 0.0116. The molecule has 0 saturated carbocycles. The third-order valence-electron chi connectivity index (χ3n) is 17.9. The monoisotopic (exact) mass is 1840 g/mol. The third kappa shape index (κ3) is 54.8. The number of likely N-dealkylation sites (N-methyl/N-ethyl adjacent to an activating group) is 1. The number of carbonyl (C=O) groups excluding carboxylic acids is 14. The van der Waals surface area contributed by atoms with E-state index in [1.165, 1.54) is 25.7 Å².